The van der Waals surface area contributed by atoms with Gasteiger partial charge in [-0.2, -0.15) is 5.10 Å². The molecule has 2 aliphatic rings. The van der Waals surface area contributed by atoms with Crippen molar-refractivity contribution in [2.24, 2.45) is 5.92 Å². The van der Waals surface area contributed by atoms with Gasteiger partial charge in [0.15, 0.2) is 0 Å². The maximum atomic E-state index is 6.42. The Morgan fingerprint density at radius 1 is 1.24 bits per heavy atom. The van der Waals surface area contributed by atoms with Crippen LogP contribution in [0.25, 0.3) is 16.8 Å². The van der Waals surface area contributed by atoms with Crippen molar-refractivity contribution in [1.29, 1.82) is 0 Å². The molecule has 0 radical (unpaired) electrons. The highest BCUT2D eigenvalue weighted by Crippen LogP contribution is 2.37. The molecule has 5 rings (SSSR count). The standard InChI is InChI=1S/C21H27ClN6O/c1-13-20(25-26-28(13)17-6-8-23-9-7-17)16-10-19(29-14(2)15-4-3-5-15)21-18(22)11-24-27(21)12-16/h10-12,14-15,17,23H,3-9H2,1-2H3. The molecule has 1 N–H and O–H groups in total. The maximum absolute atomic E-state index is 6.42. The van der Waals surface area contributed by atoms with Crippen LogP contribution in [-0.4, -0.2) is 43.8 Å². The molecule has 154 valence electrons. The summed E-state index contributed by atoms with van der Waals surface area (Å²) >= 11 is 6.42. The number of pyridine rings is 1. The topological polar surface area (TPSA) is 69.3 Å². The van der Waals surface area contributed by atoms with E-state index in [4.69, 9.17) is 16.3 Å². The van der Waals surface area contributed by atoms with Crippen LogP contribution in [0.4, 0.5) is 0 Å². The molecule has 0 aromatic carbocycles. The third kappa shape index (κ3) is 3.40. The van der Waals surface area contributed by atoms with Crippen LogP contribution in [0, 0.1) is 12.8 Å². The smallest absolute Gasteiger partial charge is 0.147 e. The molecule has 1 atom stereocenters. The Morgan fingerprint density at radius 2 is 2.03 bits per heavy atom. The lowest BCUT2D eigenvalue weighted by Gasteiger charge is -2.31. The van der Waals surface area contributed by atoms with Crippen LogP contribution in [0.1, 0.15) is 50.8 Å². The monoisotopic (exact) mass is 414 g/mol. The van der Waals surface area contributed by atoms with Gasteiger partial charge in [0.05, 0.1) is 29.1 Å². The quantitative estimate of drug-likeness (QED) is 0.682. The molecule has 0 bridgehead atoms. The summed E-state index contributed by atoms with van der Waals surface area (Å²) in [5.74, 6) is 1.38. The number of hydrogen-bond acceptors (Lipinski definition) is 5. The maximum Gasteiger partial charge on any atom is 0.147 e. The van der Waals surface area contributed by atoms with Gasteiger partial charge >= 0.3 is 0 Å². The van der Waals surface area contributed by atoms with E-state index in [1.54, 1.807) is 10.7 Å². The first-order valence-electron chi connectivity index (χ1n) is 10.6. The SMILES string of the molecule is Cc1c(-c2cc(OC(C)C3CCC3)c3c(Cl)cnn3c2)nnn1C1CCNCC1. The van der Waals surface area contributed by atoms with Crippen LogP contribution in [0.5, 0.6) is 5.75 Å². The van der Waals surface area contributed by atoms with Crippen LogP contribution in [0.15, 0.2) is 18.5 Å². The van der Waals surface area contributed by atoms with Gasteiger partial charge in [0.2, 0.25) is 0 Å². The zero-order chi connectivity index (χ0) is 20.0. The fourth-order valence-corrected chi connectivity index (χ4v) is 4.70. The number of rotatable bonds is 5. The van der Waals surface area contributed by atoms with Gasteiger partial charge < -0.3 is 10.1 Å². The van der Waals surface area contributed by atoms with Crippen molar-refractivity contribution >= 4 is 17.1 Å². The fourth-order valence-electron chi connectivity index (χ4n) is 4.48. The molecule has 1 unspecified atom stereocenters. The Morgan fingerprint density at radius 3 is 2.76 bits per heavy atom. The third-order valence-electron chi connectivity index (χ3n) is 6.51. The Balaban J connectivity index is 1.52. The summed E-state index contributed by atoms with van der Waals surface area (Å²) in [6.45, 7) is 6.28. The summed E-state index contributed by atoms with van der Waals surface area (Å²) in [5, 5.41) is 17.4. The number of ether oxygens (including phenoxy) is 1. The molecule has 1 saturated heterocycles. The minimum absolute atomic E-state index is 0.153. The van der Waals surface area contributed by atoms with Gasteiger partial charge in [-0.05, 0) is 64.6 Å². The molecule has 2 fully saturated rings. The van der Waals surface area contributed by atoms with E-state index in [2.05, 4.69) is 39.3 Å². The number of halogens is 1. The van der Waals surface area contributed by atoms with E-state index in [9.17, 15) is 0 Å². The number of nitrogens with one attached hydrogen (secondary N) is 1. The second-order valence-electron chi connectivity index (χ2n) is 8.34. The number of aromatic nitrogens is 5. The fraction of sp³-hybridized carbons (Fsp3) is 0.571. The van der Waals surface area contributed by atoms with E-state index in [0.29, 0.717) is 17.0 Å². The van der Waals surface area contributed by atoms with E-state index in [0.717, 1.165) is 54.1 Å². The summed E-state index contributed by atoms with van der Waals surface area (Å²) in [6.07, 6.45) is 9.68. The Bertz CT molecular complexity index is 1020. The van der Waals surface area contributed by atoms with Crippen molar-refractivity contribution in [2.45, 2.75) is 58.1 Å². The second kappa shape index (κ2) is 7.61. The lowest BCUT2D eigenvalue weighted by molar-refractivity contribution is 0.1000. The van der Waals surface area contributed by atoms with Crippen molar-refractivity contribution in [3.63, 3.8) is 0 Å². The highest BCUT2D eigenvalue weighted by Gasteiger charge is 2.27. The highest BCUT2D eigenvalue weighted by atomic mass is 35.5. The Labute approximate surface area is 175 Å². The van der Waals surface area contributed by atoms with Crippen molar-refractivity contribution in [1.82, 2.24) is 29.9 Å². The van der Waals surface area contributed by atoms with Crippen molar-refractivity contribution in [3.05, 3.63) is 29.2 Å². The van der Waals surface area contributed by atoms with E-state index in [1.807, 2.05) is 12.3 Å². The molecule has 1 saturated carbocycles. The van der Waals surface area contributed by atoms with Gasteiger partial charge in [0, 0.05) is 11.8 Å². The lowest BCUT2D eigenvalue weighted by Crippen LogP contribution is -2.30. The van der Waals surface area contributed by atoms with Crippen LogP contribution in [0.3, 0.4) is 0 Å². The number of fused-ring (bicyclic) bond motifs is 1. The zero-order valence-electron chi connectivity index (χ0n) is 16.9. The van der Waals surface area contributed by atoms with E-state index >= 15 is 0 Å². The van der Waals surface area contributed by atoms with E-state index in [-0.39, 0.29) is 6.10 Å². The van der Waals surface area contributed by atoms with Crippen molar-refractivity contribution < 1.29 is 4.74 Å². The van der Waals surface area contributed by atoms with Gasteiger partial charge in [0.1, 0.15) is 17.0 Å². The van der Waals surface area contributed by atoms with Crippen molar-refractivity contribution in [3.8, 4) is 17.0 Å². The molecular weight excluding hydrogens is 388 g/mol. The molecule has 7 nitrogen and oxygen atoms in total. The molecule has 3 aromatic rings. The predicted molar refractivity (Wildman–Crippen MR) is 113 cm³/mol. The van der Waals surface area contributed by atoms with Crippen LogP contribution >= 0.6 is 11.6 Å². The number of piperidine rings is 1. The van der Waals surface area contributed by atoms with Gasteiger partial charge in [-0.25, -0.2) is 9.20 Å². The Hall–Kier alpha value is -2.12. The lowest BCUT2D eigenvalue weighted by atomic mass is 9.82. The van der Waals surface area contributed by atoms with E-state index < -0.39 is 0 Å². The first kappa shape index (κ1) is 18.9. The predicted octanol–water partition coefficient (Wildman–Crippen LogP) is 4.05. The molecule has 4 heterocycles. The normalized spacial score (nSPS) is 19.4. The highest BCUT2D eigenvalue weighted by molar-refractivity contribution is 6.34. The molecule has 3 aromatic heterocycles. The molecule has 1 aliphatic heterocycles. The minimum Gasteiger partial charge on any atom is -0.488 e. The number of nitrogens with zero attached hydrogens (tertiary/aromatic N) is 5. The van der Waals surface area contributed by atoms with Gasteiger partial charge in [0.25, 0.3) is 0 Å². The summed E-state index contributed by atoms with van der Waals surface area (Å²) in [4.78, 5) is 0. The largest absolute Gasteiger partial charge is 0.488 e. The molecule has 0 spiro atoms. The van der Waals surface area contributed by atoms with Gasteiger partial charge in [-0.15, -0.1) is 5.10 Å². The summed E-state index contributed by atoms with van der Waals surface area (Å²) in [5.41, 5.74) is 3.71. The average Bonchev–Trinajstić information content (AvgIpc) is 3.24. The summed E-state index contributed by atoms with van der Waals surface area (Å²) in [6, 6.07) is 2.44. The van der Waals surface area contributed by atoms with E-state index in [1.165, 1.54) is 19.3 Å². The first-order chi connectivity index (χ1) is 14.1. The third-order valence-corrected chi connectivity index (χ3v) is 6.79. The van der Waals surface area contributed by atoms with Crippen LogP contribution in [-0.2, 0) is 0 Å². The zero-order valence-corrected chi connectivity index (χ0v) is 17.7. The molecular formula is C21H27ClN6O. The molecule has 0 amide bonds. The summed E-state index contributed by atoms with van der Waals surface area (Å²) < 4.78 is 10.3. The van der Waals surface area contributed by atoms with Crippen molar-refractivity contribution in [2.75, 3.05) is 13.1 Å². The van der Waals surface area contributed by atoms with Crippen LogP contribution in [0.2, 0.25) is 5.02 Å². The molecule has 1 aliphatic carbocycles. The molecule has 29 heavy (non-hydrogen) atoms. The van der Waals surface area contributed by atoms with Gasteiger partial charge in [-0.3, -0.25) is 0 Å². The first-order valence-corrected chi connectivity index (χ1v) is 11.0. The minimum atomic E-state index is 0.153. The Kier molecular flexibility index (Phi) is 4.95. The van der Waals surface area contributed by atoms with Gasteiger partial charge in [-0.1, -0.05) is 23.2 Å². The summed E-state index contributed by atoms with van der Waals surface area (Å²) in [7, 11) is 0. The molecule has 8 heteroatoms. The average molecular weight is 415 g/mol. The second-order valence-corrected chi connectivity index (χ2v) is 8.75. The van der Waals surface area contributed by atoms with Crippen LogP contribution < -0.4 is 10.1 Å². The number of hydrogen-bond donors (Lipinski definition) is 1.